The number of nitrogens with one attached hydrogen (secondary N) is 2. The molecule has 0 atom stereocenters. The molecule has 0 aliphatic heterocycles. The first kappa shape index (κ1) is 18.2. The Balaban J connectivity index is 0.00000220. The third-order valence-electron chi connectivity index (χ3n) is 3.93. The van der Waals surface area contributed by atoms with Crippen molar-refractivity contribution in [3.05, 3.63) is 35.6 Å². The molecule has 118 valence electrons. The van der Waals surface area contributed by atoms with Crippen LogP contribution in [0.5, 0.6) is 0 Å². The van der Waals surface area contributed by atoms with Gasteiger partial charge in [0.25, 0.3) is 0 Å². The summed E-state index contributed by atoms with van der Waals surface area (Å²) < 4.78 is 13.1. The van der Waals surface area contributed by atoms with E-state index in [-0.39, 0.29) is 29.8 Å². The third kappa shape index (κ3) is 6.20. The summed E-state index contributed by atoms with van der Waals surface area (Å²) in [7, 11) is 1.77. The van der Waals surface area contributed by atoms with E-state index >= 15 is 0 Å². The molecule has 3 nitrogen and oxygen atoms in total. The van der Waals surface area contributed by atoms with E-state index in [9.17, 15) is 4.39 Å². The molecule has 0 aromatic heterocycles. The van der Waals surface area contributed by atoms with Gasteiger partial charge in [-0.3, -0.25) is 4.99 Å². The van der Waals surface area contributed by atoms with Gasteiger partial charge < -0.3 is 10.6 Å². The molecule has 0 bridgehead atoms. The zero-order valence-corrected chi connectivity index (χ0v) is 15.1. The number of rotatable bonds is 3. The highest BCUT2D eigenvalue weighted by molar-refractivity contribution is 14.0. The molecule has 1 aliphatic carbocycles. The van der Waals surface area contributed by atoms with E-state index in [1.54, 1.807) is 19.2 Å². The van der Waals surface area contributed by atoms with Crippen LogP contribution in [-0.4, -0.2) is 19.0 Å². The van der Waals surface area contributed by atoms with Crippen LogP contribution in [0.2, 0.25) is 0 Å². The fourth-order valence-electron chi connectivity index (χ4n) is 2.63. The maximum Gasteiger partial charge on any atom is 0.191 e. The van der Waals surface area contributed by atoms with Crippen LogP contribution in [0.15, 0.2) is 29.3 Å². The first-order valence-electron chi connectivity index (χ1n) is 7.39. The van der Waals surface area contributed by atoms with Gasteiger partial charge in [-0.25, -0.2) is 4.39 Å². The van der Waals surface area contributed by atoms with Crippen LogP contribution in [0.3, 0.4) is 0 Å². The van der Waals surface area contributed by atoms with Gasteiger partial charge in [0.2, 0.25) is 0 Å². The number of nitrogens with zero attached hydrogens (tertiary/aromatic N) is 1. The fraction of sp³-hybridized carbons (Fsp3) is 0.562. The van der Waals surface area contributed by atoms with E-state index < -0.39 is 0 Å². The topological polar surface area (TPSA) is 36.4 Å². The van der Waals surface area contributed by atoms with Crippen molar-refractivity contribution in [1.29, 1.82) is 0 Å². The number of halogens is 2. The summed E-state index contributed by atoms with van der Waals surface area (Å²) in [6.07, 6.45) is 4.95. The van der Waals surface area contributed by atoms with Gasteiger partial charge >= 0.3 is 0 Å². The monoisotopic (exact) mass is 405 g/mol. The van der Waals surface area contributed by atoms with Crippen LogP contribution in [-0.2, 0) is 6.54 Å². The lowest BCUT2D eigenvalue weighted by Crippen LogP contribution is -2.44. The highest BCUT2D eigenvalue weighted by atomic mass is 127. The third-order valence-corrected chi connectivity index (χ3v) is 3.93. The number of hydrogen-bond donors (Lipinski definition) is 2. The lowest BCUT2D eigenvalue weighted by Gasteiger charge is -2.28. The lowest BCUT2D eigenvalue weighted by molar-refractivity contribution is 0.329. The molecule has 0 spiro atoms. The van der Waals surface area contributed by atoms with Crippen molar-refractivity contribution in [3.8, 4) is 0 Å². The van der Waals surface area contributed by atoms with Crippen molar-refractivity contribution in [1.82, 2.24) is 10.6 Å². The predicted molar refractivity (Wildman–Crippen MR) is 96.6 cm³/mol. The van der Waals surface area contributed by atoms with Crippen LogP contribution in [0.1, 0.15) is 38.2 Å². The van der Waals surface area contributed by atoms with E-state index in [2.05, 4.69) is 22.5 Å². The van der Waals surface area contributed by atoms with E-state index in [4.69, 9.17) is 0 Å². The molecule has 5 heteroatoms. The molecule has 0 saturated heterocycles. The maximum atomic E-state index is 13.1. The quantitative estimate of drug-likeness (QED) is 0.457. The molecule has 0 amide bonds. The predicted octanol–water partition coefficient (Wildman–Crippen LogP) is 3.69. The number of benzene rings is 1. The molecule has 2 N–H and O–H groups in total. The summed E-state index contributed by atoms with van der Waals surface area (Å²) in [6, 6.07) is 7.14. The normalized spacial score (nSPS) is 22.3. The summed E-state index contributed by atoms with van der Waals surface area (Å²) in [6.45, 7) is 2.90. The number of hydrogen-bond acceptors (Lipinski definition) is 1. The Morgan fingerprint density at radius 1 is 1.29 bits per heavy atom. The standard InChI is InChI=1S/C16H24FN3.HI/c1-12-6-8-15(9-7-12)20-16(18-2)19-11-13-4-3-5-14(17)10-13;/h3-5,10,12,15H,6-9,11H2,1-2H3,(H2,18,19,20);1H. The van der Waals surface area contributed by atoms with Crippen LogP contribution in [0.4, 0.5) is 4.39 Å². The van der Waals surface area contributed by atoms with E-state index in [1.165, 1.54) is 31.7 Å². The van der Waals surface area contributed by atoms with Crippen LogP contribution < -0.4 is 10.6 Å². The first-order chi connectivity index (χ1) is 9.67. The SMILES string of the molecule is CN=C(NCc1cccc(F)c1)NC1CCC(C)CC1.I. The number of guanidine groups is 1. The van der Waals surface area contributed by atoms with Crippen molar-refractivity contribution < 1.29 is 4.39 Å². The van der Waals surface area contributed by atoms with Gasteiger partial charge in [-0.2, -0.15) is 0 Å². The molecule has 1 aliphatic rings. The second kappa shape index (κ2) is 9.23. The van der Waals surface area contributed by atoms with Gasteiger partial charge in [0.1, 0.15) is 5.82 Å². The number of aliphatic imine (C=N–C) groups is 1. The Bertz CT molecular complexity index is 457. The molecule has 1 aromatic rings. The van der Waals surface area contributed by atoms with Crippen molar-refractivity contribution in [2.45, 2.75) is 45.2 Å². The second-order valence-corrected chi connectivity index (χ2v) is 5.66. The largest absolute Gasteiger partial charge is 0.354 e. The van der Waals surface area contributed by atoms with Gasteiger partial charge in [0.05, 0.1) is 0 Å². The average molecular weight is 405 g/mol. The maximum absolute atomic E-state index is 13.1. The van der Waals surface area contributed by atoms with Crippen molar-refractivity contribution in [3.63, 3.8) is 0 Å². The van der Waals surface area contributed by atoms with Gasteiger partial charge in [0, 0.05) is 19.6 Å². The van der Waals surface area contributed by atoms with Crippen molar-refractivity contribution in [2.24, 2.45) is 10.9 Å². The Kier molecular flexibility index (Phi) is 8.00. The molecule has 1 saturated carbocycles. The van der Waals surface area contributed by atoms with Gasteiger partial charge in [-0.1, -0.05) is 19.1 Å². The van der Waals surface area contributed by atoms with Gasteiger partial charge in [0.15, 0.2) is 5.96 Å². The highest BCUT2D eigenvalue weighted by Crippen LogP contribution is 2.23. The van der Waals surface area contributed by atoms with Crippen molar-refractivity contribution in [2.75, 3.05) is 7.05 Å². The highest BCUT2D eigenvalue weighted by Gasteiger charge is 2.18. The molecule has 2 rings (SSSR count). The Hall–Kier alpha value is -0.850. The van der Waals surface area contributed by atoms with Gasteiger partial charge in [-0.15, -0.1) is 24.0 Å². The molecule has 1 aromatic carbocycles. The molecule has 1 fully saturated rings. The minimum atomic E-state index is -0.200. The Labute approximate surface area is 143 Å². The summed E-state index contributed by atoms with van der Waals surface area (Å²) in [5.41, 5.74) is 0.921. The minimum absolute atomic E-state index is 0. The molecule has 0 heterocycles. The van der Waals surface area contributed by atoms with E-state index in [0.717, 1.165) is 17.4 Å². The minimum Gasteiger partial charge on any atom is -0.354 e. The molecule has 0 unspecified atom stereocenters. The van der Waals surface area contributed by atoms with E-state index in [1.807, 2.05) is 6.07 Å². The second-order valence-electron chi connectivity index (χ2n) is 5.66. The lowest BCUT2D eigenvalue weighted by atomic mass is 9.87. The zero-order chi connectivity index (χ0) is 14.4. The summed E-state index contributed by atoms with van der Waals surface area (Å²) in [5.74, 6) is 1.44. The molecular formula is C16H25FIN3. The summed E-state index contributed by atoms with van der Waals surface area (Å²) in [4.78, 5) is 4.24. The molecule has 0 radical (unpaired) electrons. The van der Waals surface area contributed by atoms with Crippen molar-refractivity contribution >= 4 is 29.9 Å². The van der Waals surface area contributed by atoms with Crippen LogP contribution in [0, 0.1) is 11.7 Å². The zero-order valence-electron chi connectivity index (χ0n) is 12.7. The summed E-state index contributed by atoms with van der Waals surface area (Å²) >= 11 is 0. The Morgan fingerprint density at radius 2 is 2.00 bits per heavy atom. The summed E-state index contributed by atoms with van der Waals surface area (Å²) in [5, 5.41) is 6.70. The van der Waals surface area contributed by atoms with E-state index in [0.29, 0.717) is 12.6 Å². The average Bonchev–Trinajstić information content (AvgIpc) is 2.45. The molecule has 21 heavy (non-hydrogen) atoms. The fourth-order valence-corrected chi connectivity index (χ4v) is 2.63. The van der Waals surface area contributed by atoms with Gasteiger partial charge in [-0.05, 0) is 49.3 Å². The molecular weight excluding hydrogens is 380 g/mol. The smallest absolute Gasteiger partial charge is 0.191 e. The van der Waals surface area contributed by atoms with Crippen LogP contribution in [0.25, 0.3) is 0 Å². The first-order valence-corrected chi connectivity index (χ1v) is 7.39. The van der Waals surface area contributed by atoms with Crippen LogP contribution >= 0.6 is 24.0 Å². The Morgan fingerprint density at radius 3 is 2.62 bits per heavy atom.